The first kappa shape index (κ1) is 28.0. The minimum atomic E-state index is -4.39. The van der Waals surface area contributed by atoms with Crippen LogP contribution in [0.3, 0.4) is 0 Å². The number of nitrogens with one attached hydrogen (secondary N) is 1. The molecule has 1 aliphatic carbocycles. The minimum absolute atomic E-state index is 0.0189. The Hall–Kier alpha value is -2.59. The zero-order valence-corrected chi connectivity index (χ0v) is 23.5. The van der Waals surface area contributed by atoms with Gasteiger partial charge in [0.15, 0.2) is 6.10 Å². The third kappa shape index (κ3) is 6.43. The van der Waals surface area contributed by atoms with E-state index in [0.717, 1.165) is 111 Å². The molecule has 1 amide bonds. The van der Waals surface area contributed by atoms with Crippen LogP contribution in [0.4, 0.5) is 13.2 Å². The molecule has 1 saturated carbocycles. The van der Waals surface area contributed by atoms with Crippen LogP contribution in [0, 0.1) is 5.92 Å². The van der Waals surface area contributed by atoms with Gasteiger partial charge < -0.3 is 19.9 Å². The number of thiazole rings is 1. The fourth-order valence-corrected chi connectivity index (χ4v) is 6.90. The zero-order chi connectivity index (χ0) is 27.7. The van der Waals surface area contributed by atoms with Crippen molar-refractivity contribution in [1.29, 1.82) is 0 Å². The second-order valence-corrected chi connectivity index (χ2v) is 12.2. The highest BCUT2D eigenvalue weighted by Gasteiger charge is 2.39. The summed E-state index contributed by atoms with van der Waals surface area (Å²) >= 11 is 1.25. The van der Waals surface area contributed by atoms with E-state index in [-0.39, 0.29) is 17.1 Å². The van der Waals surface area contributed by atoms with Crippen LogP contribution in [0.1, 0.15) is 71.1 Å². The van der Waals surface area contributed by atoms with Crippen molar-refractivity contribution in [3.05, 3.63) is 52.0 Å². The minimum Gasteiger partial charge on any atom is -0.457 e. The van der Waals surface area contributed by atoms with Crippen molar-refractivity contribution < 1.29 is 22.7 Å². The number of rotatable bonds is 7. The first-order chi connectivity index (χ1) is 18.6. The van der Waals surface area contributed by atoms with E-state index in [0.29, 0.717) is 5.92 Å². The van der Waals surface area contributed by atoms with Crippen LogP contribution in [0.15, 0.2) is 24.8 Å². The van der Waals surface area contributed by atoms with Gasteiger partial charge in [-0.15, -0.1) is 0 Å². The maximum absolute atomic E-state index is 13.1. The molecule has 3 heterocycles. The van der Waals surface area contributed by atoms with Gasteiger partial charge in [-0.05, 0) is 69.5 Å². The predicted octanol–water partition coefficient (Wildman–Crippen LogP) is 5.67. The molecule has 0 bridgehead atoms. The van der Waals surface area contributed by atoms with E-state index in [1.54, 1.807) is 0 Å². The molecule has 1 aromatic heterocycles. The van der Waals surface area contributed by atoms with Crippen LogP contribution in [0.25, 0.3) is 5.70 Å². The molecule has 212 valence electrons. The van der Waals surface area contributed by atoms with Gasteiger partial charge in [0.1, 0.15) is 0 Å². The van der Waals surface area contributed by atoms with Gasteiger partial charge in [-0.2, -0.15) is 13.2 Å². The highest BCUT2D eigenvalue weighted by molar-refractivity contribution is 7.13. The number of hydrogen-bond donors (Lipinski definition) is 1. The smallest absolute Gasteiger partial charge is 0.425 e. The van der Waals surface area contributed by atoms with Crippen molar-refractivity contribution in [2.24, 2.45) is 5.92 Å². The molecule has 1 N–H and O–H groups in total. The Morgan fingerprint density at radius 1 is 1.23 bits per heavy atom. The van der Waals surface area contributed by atoms with E-state index < -0.39 is 12.3 Å². The molecular formula is C29H37F3N4O2S. The Morgan fingerprint density at radius 2 is 1.97 bits per heavy atom. The molecular weight excluding hydrogens is 525 g/mol. The van der Waals surface area contributed by atoms with Crippen molar-refractivity contribution in [2.75, 3.05) is 26.7 Å². The molecule has 39 heavy (non-hydrogen) atoms. The molecule has 0 radical (unpaired) electrons. The largest absolute Gasteiger partial charge is 0.457 e. The normalized spacial score (nSPS) is 22.7. The monoisotopic (exact) mass is 562 g/mol. The Labute approximate surface area is 232 Å². The standard InChI is InChI=1S/C29H37F3N4O2S/c1-18-22-5-4-6-23(24(22)17-35(18)3)27(37)33-21-9-7-20(8-10-21)11-14-36-15-12-25-26(13-16-36)39-28(34-25)38-19(2)29(30,31)32/h4-6,19-21H,1,7-17H2,2-3H3,(H,33,37). The lowest BCUT2D eigenvalue weighted by molar-refractivity contribution is -0.189. The lowest BCUT2D eigenvalue weighted by atomic mass is 9.84. The molecule has 5 rings (SSSR count). The average molecular weight is 563 g/mol. The molecule has 10 heteroatoms. The molecule has 2 aromatic rings. The van der Waals surface area contributed by atoms with E-state index in [2.05, 4.69) is 26.7 Å². The molecule has 6 nitrogen and oxygen atoms in total. The van der Waals surface area contributed by atoms with Gasteiger partial charge in [-0.3, -0.25) is 4.79 Å². The van der Waals surface area contributed by atoms with E-state index in [1.807, 2.05) is 25.2 Å². The highest BCUT2D eigenvalue weighted by Crippen LogP contribution is 2.34. The van der Waals surface area contributed by atoms with Gasteiger partial charge >= 0.3 is 6.18 Å². The van der Waals surface area contributed by atoms with Crippen LogP contribution in [-0.2, 0) is 19.4 Å². The summed E-state index contributed by atoms with van der Waals surface area (Å²) in [5.41, 5.74) is 4.74. The number of amides is 1. The van der Waals surface area contributed by atoms with E-state index in [1.165, 1.54) is 11.3 Å². The number of carbonyl (C=O) groups is 1. The number of benzene rings is 1. The Morgan fingerprint density at radius 3 is 2.72 bits per heavy atom. The first-order valence-corrected chi connectivity index (χ1v) is 14.7. The number of alkyl halides is 3. The Kier molecular flexibility index (Phi) is 8.24. The zero-order valence-electron chi connectivity index (χ0n) is 22.6. The Balaban J connectivity index is 1.04. The van der Waals surface area contributed by atoms with Crippen LogP contribution in [0.5, 0.6) is 5.19 Å². The van der Waals surface area contributed by atoms with Gasteiger partial charge in [-0.1, -0.05) is 30.0 Å². The fourth-order valence-electron chi connectivity index (χ4n) is 5.88. The molecule has 1 fully saturated rings. The van der Waals surface area contributed by atoms with Crippen molar-refractivity contribution >= 4 is 22.9 Å². The summed E-state index contributed by atoms with van der Waals surface area (Å²) in [5.74, 6) is 0.667. The van der Waals surface area contributed by atoms with Gasteiger partial charge in [0.05, 0.1) is 5.69 Å². The van der Waals surface area contributed by atoms with E-state index in [4.69, 9.17) is 4.74 Å². The van der Waals surface area contributed by atoms with E-state index in [9.17, 15) is 18.0 Å². The van der Waals surface area contributed by atoms with Gasteiger partial charge in [0.25, 0.3) is 11.1 Å². The molecule has 1 aromatic carbocycles. The number of nitrogens with zero attached hydrogens (tertiary/aromatic N) is 3. The average Bonchev–Trinajstić information content (AvgIpc) is 3.35. The number of aromatic nitrogens is 1. The summed E-state index contributed by atoms with van der Waals surface area (Å²) in [5, 5.41) is 3.41. The van der Waals surface area contributed by atoms with Gasteiger partial charge in [0, 0.05) is 60.8 Å². The fraction of sp³-hybridized carbons (Fsp3) is 0.586. The summed E-state index contributed by atoms with van der Waals surface area (Å²) in [4.78, 5) is 23.0. The lowest BCUT2D eigenvalue weighted by Crippen LogP contribution is -2.38. The third-order valence-corrected chi connectivity index (χ3v) is 9.49. The van der Waals surface area contributed by atoms with Gasteiger partial charge in [-0.25, -0.2) is 4.98 Å². The summed E-state index contributed by atoms with van der Waals surface area (Å²) in [6, 6.07) is 6.10. The van der Waals surface area contributed by atoms with Crippen molar-refractivity contribution in [3.8, 4) is 5.19 Å². The quantitative estimate of drug-likeness (QED) is 0.472. The molecule has 3 aliphatic rings. The highest BCUT2D eigenvalue weighted by atomic mass is 32.1. The SMILES string of the molecule is C=C1c2cccc(C(=O)NC3CCC(CCN4CCc5nc(OC(C)C(F)(F)F)sc5CC4)CC3)c2CN1C. The van der Waals surface area contributed by atoms with Gasteiger partial charge in [0.2, 0.25) is 0 Å². The van der Waals surface area contributed by atoms with Crippen LogP contribution in [-0.4, -0.2) is 65.7 Å². The number of halogens is 3. The predicted molar refractivity (Wildman–Crippen MR) is 147 cm³/mol. The second kappa shape index (κ2) is 11.5. The van der Waals surface area contributed by atoms with Crippen LogP contribution >= 0.6 is 11.3 Å². The lowest BCUT2D eigenvalue weighted by Gasteiger charge is -2.31. The number of ether oxygens (including phenoxy) is 1. The number of hydrogen-bond acceptors (Lipinski definition) is 6. The third-order valence-electron chi connectivity index (χ3n) is 8.44. The number of fused-ring (bicyclic) bond motifs is 2. The molecule has 1 atom stereocenters. The van der Waals surface area contributed by atoms with E-state index >= 15 is 0 Å². The summed E-state index contributed by atoms with van der Waals surface area (Å²) in [7, 11) is 2.00. The molecule has 0 saturated heterocycles. The van der Waals surface area contributed by atoms with Crippen molar-refractivity contribution in [1.82, 2.24) is 20.1 Å². The summed E-state index contributed by atoms with van der Waals surface area (Å²) in [6.07, 6.45) is 0.628. The van der Waals surface area contributed by atoms with Crippen molar-refractivity contribution in [2.45, 2.75) is 76.7 Å². The maximum atomic E-state index is 13.1. The maximum Gasteiger partial charge on any atom is 0.425 e. The molecule has 1 unspecified atom stereocenters. The number of carbonyl (C=O) groups excluding carboxylic acids is 1. The van der Waals surface area contributed by atoms with Crippen molar-refractivity contribution in [3.63, 3.8) is 0 Å². The molecule has 2 aliphatic heterocycles. The molecule has 0 spiro atoms. The van der Waals surface area contributed by atoms with Crippen LogP contribution < -0.4 is 10.1 Å². The second-order valence-electron chi connectivity index (χ2n) is 11.1. The summed E-state index contributed by atoms with van der Waals surface area (Å²) < 4.78 is 43.5. The van der Waals surface area contributed by atoms with Crippen LogP contribution in [0.2, 0.25) is 0 Å². The Bertz CT molecular complexity index is 1180. The first-order valence-electron chi connectivity index (χ1n) is 13.9. The summed E-state index contributed by atoms with van der Waals surface area (Å²) in [6.45, 7) is 8.63. The topological polar surface area (TPSA) is 57.7 Å².